The van der Waals surface area contributed by atoms with Crippen LogP contribution in [0.1, 0.15) is 36.8 Å². The highest BCUT2D eigenvalue weighted by molar-refractivity contribution is 5.58. The molecule has 0 radical (unpaired) electrons. The average Bonchev–Trinajstić information content (AvgIpc) is 2.62. The molecule has 1 aliphatic rings. The second-order valence-corrected chi connectivity index (χ2v) is 6.32. The third-order valence-corrected chi connectivity index (χ3v) is 5.11. The van der Waals surface area contributed by atoms with E-state index >= 15 is 0 Å². The van der Waals surface area contributed by atoms with Gasteiger partial charge >= 0.3 is 0 Å². The summed E-state index contributed by atoms with van der Waals surface area (Å²) in [5.41, 5.74) is 0.960. The maximum Gasteiger partial charge on any atom is 0.130 e. The van der Waals surface area contributed by atoms with E-state index in [1.807, 2.05) is 30.3 Å². The number of aliphatic hydroxyl groups is 1. The smallest absolute Gasteiger partial charge is 0.130 e. The van der Waals surface area contributed by atoms with E-state index in [0.717, 1.165) is 24.8 Å². The van der Waals surface area contributed by atoms with Crippen LogP contribution in [0.15, 0.2) is 42.5 Å². The Morgan fingerprint density at radius 2 is 1.79 bits per heavy atom. The van der Waals surface area contributed by atoms with Crippen molar-refractivity contribution in [2.24, 2.45) is 0 Å². The van der Waals surface area contributed by atoms with E-state index in [9.17, 15) is 10.2 Å². The van der Waals surface area contributed by atoms with Crippen LogP contribution in [0.3, 0.4) is 0 Å². The van der Waals surface area contributed by atoms with Gasteiger partial charge in [0.1, 0.15) is 17.2 Å². The molecule has 3 rings (SSSR count). The van der Waals surface area contributed by atoms with Gasteiger partial charge in [0.2, 0.25) is 0 Å². The largest absolute Gasteiger partial charge is 0.507 e. The number of benzene rings is 2. The van der Waals surface area contributed by atoms with Gasteiger partial charge in [-0.15, -0.1) is 0 Å². The number of phenols is 1. The first-order chi connectivity index (χ1) is 11.6. The second-order valence-electron chi connectivity index (χ2n) is 6.32. The van der Waals surface area contributed by atoms with Crippen molar-refractivity contribution in [3.05, 3.63) is 53.6 Å². The molecular weight excluding hydrogens is 304 g/mol. The van der Waals surface area contributed by atoms with Crippen LogP contribution < -0.4 is 9.47 Å². The topological polar surface area (TPSA) is 58.9 Å². The molecular formula is C20H24O4. The molecule has 2 aromatic carbocycles. The van der Waals surface area contributed by atoms with Crippen molar-refractivity contribution in [1.29, 1.82) is 0 Å². The number of ether oxygens (including phenoxy) is 2. The zero-order valence-corrected chi connectivity index (χ0v) is 14.2. The molecule has 4 heteroatoms. The Morgan fingerprint density at radius 3 is 2.42 bits per heavy atom. The predicted molar refractivity (Wildman–Crippen MR) is 92.9 cm³/mol. The van der Waals surface area contributed by atoms with E-state index in [2.05, 4.69) is 0 Å². The summed E-state index contributed by atoms with van der Waals surface area (Å²) < 4.78 is 10.8. The van der Waals surface area contributed by atoms with Gasteiger partial charge in [-0.2, -0.15) is 0 Å². The van der Waals surface area contributed by atoms with E-state index in [0.29, 0.717) is 23.5 Å². The van der Waals surface area contributed by atoms with Crippen LogP contribution in [0.5, 0.6) is 17.2 Å². The number of aliphatic hydroxyl groups excluding tert-OH is 1. The molecule has 2 atom stereocenters. The summed E-state index contributed by atoms with van der Waals surface area (Å²) in [6, 6.07) is 13.3. The van der Waals surface area contributed by atoms with Gasteiger partial charge in [0.15, 0.2) is 0 Å². The molecule has 24 heavy (non-hydrogen) atoms. The van der Waals surface area contributed by atoms with Crippen LogP contribution in [0.4, 0.5) is 0 Å². The maximum atomic E-state index is 11.0. The number of hydrogen-bond donors (Lipinski definition) is 2. The Kier molecular flexibility index (Phi) is 4.67. The normalized spacial score (nSPS) is 23.7. The fraction of sp³-hybridized carbons (Fsp3) is 0.400. The molecule has 0 aromatic heterocycles. The van der Waals surface area contributed by atoms with Crippen molar-refractivity contribution in [2.45, 2.75) is 37.2 Å². The molecule has 128 valence electrons. The van der Waals surface area contributed by atoms with Crippen LogP contribution in [0, 0.1) is 0 Å². The minimum absolute atomic E-state index is 0.0935. The lowest BCUT2D eigenvalue weighted by molar-refractivity contribution is 0.0610. The molecule has 2 aromatic rings. The standard InChI is InChI=1S/C20H24O4/c1-23-15-12-16(21)19(17(13-15)24-2)20(11-7-6-10-18(20)22)14-8-4-3-5-9-14/h3-5,8-9,12-13,18,21-22H,6-7,10-11H2,1-2H3/t18-,20-/m0/s1. The molecule has 0 unspecified atom stereocenters. The Balaban J connectivity index is 2.28. The highest BCUT2D eigenvalue weighted by Crippen LogP contribution is 2.52. The van der Waals surface area contributed by atoms with E-state index < -0.39 is 11.5 Å². The van der Waals surface area contributed by atoms with Gasteiger partial charge in [0.05, 0.1) is 25.7 Å². The fourth-order valence-corrected chi connectivity index (χ4v) is 3.97. The van der Waals surface area contributed by atoms with Crippen LogP contribution in [0.25, 0.3) is 0 Å². The van der Waals surface area contributed by atoms with Gasteiger partial charge in [-0.05, 0) is 18.4 Å². The number of methoxy groups -OCH3 is 2. The highest BCUT2D eigenvalue weighted by Gasteiger charge is 2.46. The Morgan fingerprint density at radius 1 is 1.04 bits per heavy atom. The van der Waals surface area contributed by atoms with Gasteiger partial charge in [-0.1, -0.05) is 43.2 Å². The van der Waals surface area contributed by atoms with E-state index in [1.54, 1.807) is 26.4 Å². The Hall–Kier alpha value is -2.20. The molecule has 0 spiro atoms. The van der Waals surface area contributed by atoms with Gasteiger partial charge in [-0.3, -0.25) is 0 Å². The van der Waals surface area contributed by atoms with Gasteiger partial charge in [0.25, 0.3) is 0 Å². The van der Waals surface area contributed by atoms with Crippen molar-refractivity contribution in [1.82, 2.24) is 0 Å². The molecule has 2 N–H and O–H groups in total. The summed E-state index contributed by atoms with van der Waals surface area (Å²) in [6.45, 7) is 0. The molecule has 0 heterocycles. The summed E-state index contributed by atoms with van der Waals surface area (Å²) in [4.78, 5) is 0. The first kappa shape index (κ1) is 16.7. The molecule has 0 amide bonds. The van der Waals surface area contributed by atoms with Crippen molar-refractivity contribution in [3.8, 4) is 17.2 Å². The van der Waals surface area contributed by atoms with Crippen molar-refractivity contribution < 1.29 is 19.7 Å². The molecule has 4 nitrogen and oxygen atoms in total. The first-order valence-corrected chi connectivity index (χ1v) is 8.32. The van der Waals surface area contributed by atoms with Crippen LogP contribution in [-0.4, -0.2) is 30.5 Å². The zero-order valence-electron chi connectivity index (χ0n) is 14.2. The maximum absolute atomic E-state index is 11.0. The SMILES string of the molecule is COc1cc(O)c([C@]2(c3ccccc3)CCCC[C@@H]2O)c(OC)c1. The van der Waals surface area contributed by atoms with E-state index in [4.69, 9.17) is 9.47 Å². The van der Waals surface area contributed by atoms with Gasteiger partial charge in [-0.25, -0.2) is 0 Å². The molecule has 0 bridgehead atoms. The minimum Gasteiger partial charge on any atom is -0.507 e. The summed E-state index contributed by atoms with van der Waals surface area (Å²) >= 11 is 0. The summed E-state index contributed by atoms with van der Waals surface area (Å²) in [6.07, 6.45) is 2.84. The van der Waals surface area contributed by atoms with Crippen LogP contribution in [-0.2, 0) is 5.41 Å². The van der Waals surface area contributed by atoms with Gasteiger partial charge < -0.3 is 19.7 Å². The van der Waals surface area contributed by atoms with Crippen LogP contribution in [0.2, 0.25) is 0 Å². The Labute approximate surface area is 142 Å². The van der Waals surface area contributed by atoms with Crippen molar-refractivity contribution >= 4 is 0 Å². The molecule has 0 saturated heterocycles. The number of hydrogen-bond acceptors (Lipinski definition) is 4. The highest BCUT2D eigenvalue weighted by atomic mass is 16.5. The monoisotopic (exact) mass is 328 g/mol. The lowest BCUT2D eigenvalue weighted by Crippen LogP contribution is -2.43. The molecule has 1 aliphatic carbocycles. The van der Waals surface area contributed by atoms with E-state index in [1.165, 1.54) is 0 Å². The average molecular weight is 328 g/mol. The van der Waals surface area contributed by atoms with Gasteiger partial charge in [0, 0.05) is 17.7 Å². The third-order valence-electron chi connectivity index (χ3n) is 5.11. The number of aromatic hydroxyl groups is 1. The lowest BCUT2D eigenvalue weighted by Gasteiger charge is -2.43. The quantitative estimate of drug-likeness (QED) is 0.900. The fourth-order valence-electron chi connectivity index (χ4n) is 3.97. The Bertz CT molecular complexity index is 698. The summed E-state index contributed by atoms with van der Waals surface area (Å²) in [5.74, 6) is 1.16. The third kappa shape index (κ3) is 2.61. The molecule has 0 aliphatic heterocycles. The second kappa shape index (κ2) is 6.73. The predicted octanol–water partition coefficient (Wildman–Crippen LogP) is 3.63. The molecule has 1 fully saturated rings. The van der Waals surface area contributed by atoms with E-state index in [-0.39, 0.29) is 5.75 Å². The summed E-state index contributed by atoms with van der Waals surface area (Å²) in [5, 5.41) is 21.8. The van der Waals surface area contributed by atoms with Crippen molar-refractivity contribution in [3.63, 3.8) is 0 Å². The zero-order chi connectivity index (χ0) is 17.2. The molecule has 1 saturated carbocycles. The number of rotatable bonds is 4. The minimum atomic E-state index is -0.679. The van der Waals surface area contributed by atoms with Crippen molar-refractivity contribution in [2.75, 3.05) is 14.2 Å². The van der Waals surface area contributed by atoms with Crippen LogP contribution >= 0.6 is 0 Å². The number of phenolic OH excluding ortho intramolecular Hbond substituents is 1. The lowest BCUT2D eigenvalue weighted by atomic mass is 9.63. The first-order valence-electron chi connectivity index (χ1n) is 8.32. The summed E-state index contributed by atoms with van der Waals surface area (Å²) in [7, 11) is 3.13.